The van der Waals surface area contributed by atoms with Gasteiger partial charge in [-0.25, -0.2) is 0 Å². The van der Waals surface area contributed by atoms with Gasteiger partial charge >= 0.3 is 0 Å². The van der Waals surface area contributed by atoms with Crippen LogP contribution in [0.2, 0.25) is 0 Å². The molecule has 0 unspecified atom stereocenters. The van der Waals surface area contributed by atoms with E-state index in [4.69, 9.17) is 9.26 Å². The summed E-state index contributed by atoms with van der Waals surface area (Å²) in [5, 5.41) is 7.54. The minimum absolute atomic E-state index is 0.593. The van der Waals surface area contributed by atoms with Gasteiger partial charge < -0.3 is 14.6 Å². The number of rotatable bonds is 5. The highest BCUT2D eigenvalue weighted by atomic mass is 16.5. The lowest BCUT2D eigenvalue weighted by Crippen LogP contribution is -2.30. The molecule has 1 heterocycles. The lowest BCUT2D eigenvalue weighted by Gasteiger charge is -2.21. The fourth-order valence-corrected chi connectivity index (χ4v) is 2.72. The highest BCUT2D eigenvalue weighted by Gasteiger charge is 2.14. The van der Waals surface area contributed by atoms with Crippen molar-refractivity contribution in [2.75, 3.05) is 7.11 Å². The molecule has 1 fully saturated rings. The molecule has 5 heteroatoms. The quantitative estimate of drug-likeness (QED) is 0.915. The van der Waals surface area contributed by atoms with Crippen LogP contribution in [-0.4, -0.2) is 23.3 Å². The van der Waals surface area contributed by atoms with Crippen LogP contribution in [-0.2, 0) is 6.54 Å². The molecule has 1 aromatic carbocycles. The summed E-state index contributed by atoms with van der Waals surface area (Å²) in [6, 6.07) is 8.25. The standard InChI is InChI=1S/C16H21N3O2/c1-20-14-9-7-12(8-10-14)16-18-15(21-19-16)11-17-13-5-3-2-4-6-13/h7-10,13,17H,2-6,11H2,1H3. The Kier molecular flexibility index (Phi) is 4.50. The van der Waals surface area contributed by atoms with Gasteiger partial charge in [0, 0.05) is 11.6 Å². The van der Waals surface area contributed by atoms with Gasteiger partial charge in [-0.05, 0) is 37.1 Å². The van der Waals surface area contributed by atoms with Crippen LogP contribution in [0.15, 0.2) is 28.8 Å². The average Bonchev–Trinajstić information content (AvgIpc) is 3.03. The van der Waals surface area contributed by atoms with E-state index in [1.54, 1.807) is 7.11 Å². The molecule has 0 aliphatic heterocycles. The second kappa shape index (κ2) is 6.72. The highest BCUT2D eigenvalue weighted by molar-refractivity contribution is 5.55. The molecule has 0 bridgehead atoms. The zero-order valence-corrected chi connectivity index (χ0v) is 12.3. The first-order chi connectivity index (χ1) is 10.3. The molecule has 1 aromatic heterocycles. The van der Waals surface area contributed by atoms with E-state index in [1.165, 1.54) is 32.1 Å². The maximum Gasteiger partial charge on any atom is 0.240 e. The van der Waals surface area contributed by atoms with Crippen molar-refractivity contribution in [2.45, 2.75) is 44.7 Å². The monoisotopic (exact) mass is 287 g/mol. The molecule has 0 spiro atoms. The Morgan fingerprint density at radius 3 is 2.67 bits per heavy atom. The van der Waals surface area contributed by atoms with Crippen molar-refractivity contribution in [1.29, 1.82) is 0 Å². The van der Waals surface area contributed by atoms with Crippen molar-refractivity contribution in [1.82, 2.24) is 15.5 Å². The van der Waals surface area contributed by atoms with Gasteiger partial charge in [-0.2, -0.15) is 4.98 Å². The SMILES string of the molecule is COc1ccc(-c2noc(CNC3CCCCC3)n2)cc1. The summed E-state index contributed by atoms with van der Waals surface area (Å²) in [7, 11) is 1.65. The summed E-state index contributed by atoms with van der Waals surface area (Å²) < 4.78 is 10.5. The minimum Gasteiger partial charge on any atom is -0.497 e. The van der Waals surface area contributed by atoms with Crippen molar-refractivity contribution in [3.8, 4) is 17.1 Å². The molecule has 5 nitrogen and oxygen atoms in total. The van der Waals surface area contributed by atoms with Gasteiger partial charge in [0.05, 0.1) is 13.7 Å². The third-order valence-electron chi connectivity index (χ3n) is 3.96. The average molecular weight is 287 g/mol. The number of benzene rings is 1. The molecule has 112 valence electrons. The van der Waals surface area contributed by atoms with Gasteiger partial charge in [0.15, 0.2) is 0 Å². The smallest absolute Gasteiger partial charge is 0.240 e. The molecular formula is C16H21N3O2. The third-order valence-corrected chi connectivity index (χ3v) is 3.96. The maximum absolute atomic E-state index is 5.31. The van der Waals surface area contributed by atoms with E-state index in [0.29, 0.717) is 24.3 Å². The minimum atomic E-state index is 0.593. The number of ether oxygens (including phenoxy) is 1. The maximum atomic E-state index is 5.31. The van der Waals surface area contributed by atoms with Gasteiger partial charge in [-0.3, -0.25) is 0 Å². The Morgan fingerprint density at radius 1 is 1.19 bits per heavy atom. The zero-order valence-electron chi connectivity index (χ0n) is 12.3. The first kappa shape index (κ1) is 14.1. The Bertz CT molecular complexity index is 559. The number of hydrogen-bond donors (Lipinski definition) is 1. The number of methoxy groups -OCH3 is 1. The predicted octanol–water partition coefficient (Wildman–Crippen LogP) is 3.17. The summed E-state index contributed by atoms with van der Waals surface area (Å²) in [5.74, 6) is 2.09. The molecule has 0 saturated heterocycles. The van der Waals surface area contributed by atoms with E-state index in [1.807, 2.05) is 24.3 Å². The molecule has 0 atom stereocenters. The van der Waals surface area contributed by atoms with Crippen LogP contribution in [0.3, 0.4) is 0 Å². The Morgan fingerprint density at radius 2 is 1.95 bits per heavy atom. The van der Waals surface area contributed by atoms with Crippen LogP contribution < -0.4 is 10.1 Å². The topological polar surface area (TPSA) is 60.2 Å². The second-order valence-corrected chi connectivity index (χ2v) is 5.46. The third kappa shape index (κ3) is 3.61. The summed E-state index contributed by atoms with van der Waals surface area (Å²) >= 11 is 0. The van der Waals surface area contributed by atoms with Crippen LogP contribution in [0.25, 0.3) is 11.4 Å². The van der Waals surface area contributed by atoms with Crippen LogP contribution in [0.4, 0.5) is 0 Å². The fraction of sp³-hybridized carbons (Fsp3) is 0.500. The summed E-state index contributed by atoms with van der Waals surface area (Å²) in [5.41, 5.74) is 0.934. The van der Waals surface area contributed by atoms with Crippen molar-refractivity contribution in [2.24, 2.45) is 0 Å². The van der Waals surface area contributed by atoms with E-state index in [9.17, 15) is 0 Å². The van der Waals surface area contributed by atoms with Gasteiger partial charge in [0.1, 0.15) is 5.75 Å². The van der Waals surface area contributed by atoms with Crippen molar-refractivity contribution in [3.63, 3.8) is 0 Å². The predicted molar refractivity (Wildman–Crippen MR) is 80.0 cm³/mol. The Hall–Kier alpha value is -1.88. The molecule has 1 aliphatic carbocycles. The van der Waals surface area contributed by atoms with Gasteiger partial charge in [-0.1, -0.05) is 24.4 Å². The lowest BCUT2D eigenvalue weighted by molar-refractivity contribution is 0.327. The molecular weight excluding hydrogens is 266 g/mol. The Balaban J connectivity index is 1.59. The van der Waals surface area contributed by atoms with Gasteiger partial charge in [-0.15, -0.1) is 0 Å². The fourth-order valence-electron chi connectivity index (χ4n) is 2.72. The number of aromatic nitrogens is 2. The van der Waals surface area contributed by atoms with Crippen LogP contribution >= 0.6 is 0 Å². The van der Waals surface area contributed by atoms with Crippen LogP contribution in [0.1, 0.15) is 38.0 Å². The van der Waals surface area contributed by atoms with E-state index < -0.39 is 0 Å². The van der Waals surface area contributed by atoms with Gasteiger partial charge in [0.2, 0.25) is 11.7 Å². The number of hydrogen-bond acceptors (Lipinski definition) is 5. The number of nitrogens with one attached hydrogen (secondary N) is 1. The van der Waals surface area contributed by atoms with E-state index >= 15 is 0 Å². The molecule has 2 aromatic rings. The zero-order chi connectivity index (χ0) is 14.5. The normalized spacial score (nSPS) is 16.0. The molecule has 0 amide bonds. The van der Waals surface area contributed by atoms with Crippen LogP contribution in [0, 0.1) is 0 Å². The van der Waals surface area contributed by atoms with Crippen molar-refractivity contribution in [3.05, 3.63) is 30.2 Å². The molecule has 3 rings (SSSR count). The summed E-state index contributed by atoms with van der Waals surface area (Å²) in [4.78, 5) is 4.44. The lowest BCUT2D eigenvalue weighted by atomic mass is 9.95. The van der Waals surface area contributed by atoms with Crippen LogP contribution in [0.5, 0.6) is 5.75 Å². The largest absolute Gasteiger partial charge is 0.497 e. The summed E-state index contributed by atoms with van der Waals surface area (Å²) in [6.07, 6.45) is 6.50. The van der Waals surface area contributed by atoms with E-state index in [-0.39, 0.29) is 0 Å². The molecule has 1 N–H and O–H groups in total. The first-order valence-corrected chi connectivity index (χ1v) is 7.55. The number of nitrogens with zero attached hydrogens (tertiary/aromatic N) is 2. The highest BCUT2D eigenvalue weighted by Crippen LogP contribution is 2.20. The van der Waals surface area contributed by atoms with Crippen molar-refractivity contribution >= 4 is 0 Å². The van der Waals surface area contributed by atoms with Gasteiger partial charge in [0.25, 0.3) is 0 Å². The molecule has 1 aliphatic rings. The van der Waals surface area contributed by atoms with Crippen molar-refractivity contribution < 1.29 is 9.26 Å². The summed E-state index contributed by atoms with van der Waals surface area (Å²) in [6.45, 7) is 0.647. The van der Waals surface area contributed by atoms with E-state index in [0.717, 1.165) is 11.3 Å². The Labute approximate surface area is 124 Å². The molecule has 1 saturated carbocycles. The second-order valence-electron chi connectivity index (χ2n) is 5.46. The molecule has 0 radical (unpaired) electrons. The first-order valence-electron chi connectivity index (χ1n) is 7.55. The molecule has 21 heavy (non-hydrogen) atoms. The van der Waals surface area contributed by atoms with E-state index in [2.05, 4.69) is 15.5 Å².